The third-order valence-electron chi connectivity index (χ3n) is 2.55. The van der Waals surface area contributed by atoms with Crippen LogP contribution >= 0.6 is 0 Å². The number of hydrogen-bond donors (Lipinski definition) is 1. The van der Waals surface area contributed by atoms with Crippen molar-refractivity contribution in [3.8, 4) is 11.5 Å². The van der Waals surface area contributed by atoms with Crippen LogP contribution < -0.4 is 5.73 Å². The van der Waals surface area contributed by atoms with Crippen LogP contribution in [0.15, 0.2) is 21.3 Å². The van der Waals surface area contributed by atoms with Gasteiger partial charge in [0.1, 0.15) is 5.76 Å². The van der Waals surface area contributed by atoms with E-state index in [4.69, 9.17) is 14.7 Å². The molecule has 0 amide bonds. The Morgan fingerprint density at radius 3 is 2.69 bits per heavy atom. The molecule has 1 atom stereocenters. The molecule has 0 aliphatic heterocycles. The Morgan fingerprint density at radius 2 is 2.12 bits per heavy atom. The van der Waals surface area contributed by atoms with E-state index < -0.39 is 0 Å². The molecule has 2 heterocycles. The largest absolute Gasteiger partial charge is 0.469 e. The van der Waals surface area contributed by atoms with Gasteiger partial charge in [0.2, 0.25) is 0 Å². The molecule has 5 heteroatoms. The number of rotatable bonds is 3. The highest BCUT2D eigenvalue weighted by Gasteiger charge is 2.19. The lowest BCUT2D eigenvalue weighted by Crippen LogP contribution is -2.18. The molecule has 2 aromatic rings. The predicted molar refractivity (Wildman–Crippen MR) is 58.5 cm³/mol. The maximum Gasteiger partial charge on any atom is 0.261 e. The minimum Gasteiger partial charge on any atom is -0.469 e. The minimum atomic E-state index is -0.204. The van der Waals surface area contributed by atoms with Gasteiger partial charge in [-0.15, -0.1) is 0 Å². The Balaban J connectivity index is 2.30. The molecule has 0 saturated carbocycles. The zero-order chi connectivity index (χ0) is 11.7. The maximum atomic E-state index is 5.93. The van der Waals surface area contributed by atoms with E-state index in [1.54, 1.807) is 12.3 Å². The summed E-state index contributed by atoms with van der Waals surface area (Å²) in [6.45, 7) is 5.88. The highest BCUT2D eigenvalue weighted by Crippen LogP contribution is 2.24. The fraction of sp³-hybridized carbons (Fsp3) is 0.455. The van der Waals surface area contributed by atoms with Gasteiger partial charge in [0, 0.05) is 0 Å². The first-order valence-electron chi connectivity index (χ1n) is 5.23. The number of aryl methyl sites for hydroxylation is 1. The molecule has 0 aliphatic carbocycles. The van der Waals surface area contributed by atoms with E-state index in [0.717, 1.165) is 11.3 Å². The molecule has 0 aromatic carbocycles. The smallest absolute Gasteiger partial charge is 0.261 e. The standard InChI is InChI=1S/C11H15N3O2/c1-6(2)9(12)10-13-11(16-14-10)8-4-5-15-7(8)3/h4-6,9H,12H2,1-3H3. The highest BCUT2D eigenvalue weighted by molar-refractivity contribution is 5.54. The van der Waals surface area contributed by atoms with Gasteiger partial charge in [-0.25, -0.2) is 0 Å². The van der Waals surface area contributed by atoms with E-state index >= 15 is 0 Å². The van der Waals surface area contributed by atoms with Crippen LogP contribution in [0, 0.1) is 12.8 Å². The fourth-order valence-corrected chi connectivity index (χ4v) is 1.38. The van der Waals surface area contributed by atoms with Crippen molar-refractivity contribution in [3.05, 3.63) is 23.9 Å². The summed E-state index contributed by atoms with van der Waals surface area (Å²) in [5.74, 6) is 2.02. The maximum absolute atomic E-state index is 5.93. The summed E-state index contributed by atoms with van der Waals surface area (Å²) in [4.78, 5) is 4.27. The third-order valence-corrected chi connectivity index (χ3v) is 2.55. The van der Waals surface area contributed by atoms with Crippen molar-refractivity contribution in [3.63, 3.8) is 0 Å². The molecule has 1 unspecified atom stereocenters. The van der Waals surface area contributed by atoms with Crippen molar-refractivity contribution in [2.24, 2.45) is 11.7 Å². The molecule has 0 spiro atoms. The fourth-order valence-electron chi connectivity index (χ4n) is 1.38. The van der Waals surface area contributed by atoms with Crippen molar-refractivity contribution in [2.75, 3.05) is 0 Å². The lowest BCUT2D eigenvalue weighted by molar-refractivity contribution is 0.399. The Kier molecular flexibility index (Phi) is 2.78. The van der Waals surface area contributed by atoms with Crippen LogP contribution in [0.3, 0.4) is 0 Å². The average molecular weight is 221 g/mol. The summed E-state index contributed by atoms with van der Waals surface area (Å²) in [5.41, 5.74) is 6.75. The Hall–Kier alpha value is -1.62. The van der Waals surface area contributed by atoms with Crippen molar-refractivity contribution >= 4 is 0 Å². The number of aromatic nitrogens is 2. The monoisotopic (exact) mass is 221 g/mol. The summed E-state index contributed by atoms with van der Waals surface area (Å²) in [7, 11) is 0. The summed E-state index contributed by atoms with van der Waals surface area (Å²) in [5, 5.41) is 3.88. The molecule has 0 saturated heterocycles. The van der Waals surface area contributed by atoms with Crippen LogP contribution in [0.4, 0.5) is 0 Å². The van der Waals surface area contributed by atoms with Gasteiger partial charge in [-0.3, -0.25) is 0 Å². The van der Waals surface area contributed by atoms with Crippen LogP contribution in [0.25, 0.3) is 11.5 Å². The lowest BCUT2D eigenvalue weighted by atomic mass is 10.1. The molecule has 16 heavy (non-hydrogen) atoms. The number of hydrogen-bond acceptors (Lipinski definition) is 5. The second-order valence-electron chi connectivity index (χ2n) is 4.12. The second-order valence-corrected chi connectivity index (χ2v) is 4.12. The van der Waals surface area contributed by atoms with Gasteiger partial charge < -0.3 is 14.7 Å². The van der Waals surface area contributed by atoms with Crippen LogP contribution in [-0.2, 0) is 0 Å². The van der Waals surface area contributed by atoms with Crippen molar-refractivity contribution in [1.82, 2.24) is 10.1 Å². The first-order chi connectivity index (χ1) is 7.59. The zero-order valence-electron chi connectivity index (χ0n) is 9.60. The molecular weight excluding hydrogens is 206 g/mol. The van der Waals surface area contributed by atoms with Gasteiger partial charge in [0.25, 0.3) is 5.89 Å². The quantitative estimate of drug-likeness (QED) is 0.860. The van der Waals surface area contributed by atoms with Crippen molar-refractivity contribution < 1.29 is 8.94 Å². The van der Waals surface area contributed by atoms with E-state index in [9.17, 15) is 0 Å². The summed E-state index contributed by atoms with van der Waals surface area (Å²) >= 11 is 0. The summed E-state index contributed by atoms with van der Waals surface area (Å²) in [6, 6.07) is 1.60. The average Bonchev–Trinajstić information content (AvgIpc) is 2.84. The van der Waals surface area contributed by atoms with Gasteiger partial charge in [-0.05, 0) is 18.9 Å². The Bertz CT molecular complexity index is 473. The SMILES string of the molecule is Cc1occc1-c1nc(C(N)C(C)C)no1. The molecule has 0 aliphatic rings. The van der Waals surface area contributed by atoms with Gasteiger partial charge in [0.05, 0.1) is 17.9 Å². The van der Waals surface area contributed by atoms with Crippen molar-refractivity contribution in [1.29, 1.82) is 0 Å². The number of nitrogens with zero attached hydrogens (tertiary/aromatic N) is 2. The van der Waals surface area contributed by atoms with Crippen LogP contribution in [0.2, 0.25) is 0 Å². The lowest BCUT2D eigenvalue weighted by Gasteiger charge is -2.09. The molecule has 0 radical (unpaired) electrons. The van der Waals surface area contributed by atoms with E-state index in [0.29, 0.717) is 11.7 Å². The number of nitrogens with two attached hydrogens (primary N) is 1. The summed E-state index contributed by atoms with van der Waals surface area (Å²) in [6.07, 6.45) is 1.59. The normalized spacial score (nSPS) is 13.3. The molecule has 5 nitrogen and oxygen atoms in total. The van der Waals surface area contributed by atoms with Gasteiger partial charge in [-0.1, -0.05) is 19.0 Å². The van der Waals surface area contributed by atoms with Gasteiger partial charge in [0.15, 0.2) is 5.82 Å². The van der Waals surface area contributed by atoms with Crippen LogP contribution in [0.5, 0.6) is 0 Å². The van der Waals surface area contributed by atoms with Crippen LogP contribution in [0.1, 0.15) is 31.5 Å². The second kappa shape index (κ2) is 4.09. The Labute approximate surface area is 93.6 Å². The first kappa shape index (κ1) is 10.9. The molecular formula is C11H15N3O2. The Morgan fingerprint density at radius 1 is 1.38 bits per heavy atom. The van der Waals surface area contributed by atoms with E-state index in [-0.39, 0.29) is 12.0 Å². The molecule has 2 aromatic heterocycles. The molecule has 86 valence electrons. The predicted octanol–water partition coefficient (Wildman–Crippen LogP) is 2.29. The topological polar surface area (TPSA) is 78.1 Å². The molecule has 2 rings (SSSR count). The van der Waals surface area contributed by atoms with E-state index in [2.05, 4.69) is 10.1 Å². The minimum absolute atomic E-state index is 0.204. The third kappa shape index (κ3) is 1.86. The molecule has 0 bridgehead atoms. The summed E-state index contributed by atoms with van der Waals surface area (Å²) < 4.78 is 10.3. The molecule has 2 N–H and O–H groups in total. The molecule has 0 fully saturated rings. The van der Waals surface area contributed by atoms with Crippen LogP contribution in [-0.4, -0.2) is 10.1 Å². The van der Waals surface area contributed by atoms with Gasteiger partial charge in [-0.2, -0.15) is 4.98 Å². The zero-order valence-corrected chi connectivity index (χ0v) is 9.60. The number of furan rings is 1. The van der Waals surface area contributed by atoms with E-state index in [1.165, 1.54) is 0 Å². The van der Waals surface area contributed by atoms with E-state index in [1.807, 2.05) is 20.8 Å². The first-order valence-corrected chi connectivity index (χ1v) is 5.23. The highest BCUT2D eigenvalue weighted by atomic mass is 16.5. The van der Waals surface area contributed by atoms with Gasteiger partial charge >= 0.3 is 0 Å². The van der Waals surface area contributed by atoms with Crippen molar-refractivity contribution in [2.45, 2.75) is 26.8 Å².